The van der Waals surface area contributed by atoms with Gasteiger partial charge in [-0.05, 0) is 24.6 Å². The molecule has 1 saturated heterocycles. The van der Waals surface area contributed by atoms with Crippen molar-refractivity contribution < 1.29 is 19.1 Å². The van der Waals surface area contributed by atoms with Crippen molar-refractivity contribution >= 4 is 23.6 Å². The second kappa shape index (κ2) is 4.97. The van der Waals surface area contributed by atoms with Crippen LogP contribution in [0.15, 0.2) is 23.1 Å². The van der Waals surface area contributed by atoms with Gasteiger partial charge in [0.1, 0.15) is 5.82 Å². The molecule has 0 aliphatic carbocycles. The Labute approximate surface area is 108 Å². The third-order valence-electron chi connectivity index (χ3n) is 2.82. The van der Waals surface area contributed by atoms with E-state index in [-0.39, 0.29) is 16.7 Å². The van der Waals surface area contributed by atoms with E-state index in [9.17, 15) is 14.0 Å². The summed E-state index contributed by atoms with van der Waals surface area (Å²) >= 11 is 1.28. The highest BCUT2D eigenvalue weighted by Gasteiger charge is 2.30. The number of carbonyl (C=O) groups excluding carboxylic acids is 1. The normalized spacial score (nSPS) is 19.3. The Kier molecular flexibility index (Phi) is 3.56. The number of likely N-dealkylation sites (tertiary alicyclic amines) is 1. The smallest absolute Gasteiger partial charge is 0.338 e. The van der Waals surface area contributed by atoms with Gasteiger partial charge in [-0.2, -0.15) is 0 Å². The van der Waals surface area contributed by atoms with Gasteiger partial charge in [0.05, 0.1) is 10.8 Å². The maximum absolute atomic E-state index is 13.2. The Morgan fingerprint density at radius 2 is 2.28 bits per heavy atom. The second-order valence-corrected chi connectivity index (χ2v) is 5.38. The van der Waals surface area contributed by atoms with Gasteiger partial charge in [0.15, 0.2) is 0 Å². The van der Waals surface area contributed by atoms with Crippen LogP contribution in [0.5, 0.6) is 0 Å². The molecule has 2 rings (SSSR count). The van der Waals surface area contributed by atoms with Gasteiger partial charge in [0, 0.05) is 18.5 Å². The molecule has 96 valence electrons. The summed E-state index contributed by atoms with van der Waals surface area (Å²) in [6.45, 7) is 0.698. The Morgan fingerprint density at radius 3 is 2.83 bits per heavy atom. The number of nitrogens with zero attached hydrogens (tertiary/aromatic N) is 1. The molecule has 18 heavy (non-hydrogen) atoms. The number of aromatic carboxylic acids is 1. The third-order valence-corrected chi connectivity index (χ3v) is 4.07. The van der Waals surface area contributed by atoms with E-state index in [0.717, 1.165) is 12.5 Å². The van der Waals surface area contributed by atoms with Crippen LogP contribution in [0.25, 0.3) is 0 Å². The molecule has 1 atom stereocenters. The molecule has 1 N–H and O–H groups in total. The van der Waals surface area contributed by atoms with Crippen molar-refractivity contribution in [1.29, 1.82) is 0 Å². The summed E-state index contributed by atoms with van der Waals surface area (Å²) in [4.78, 5) is 24.8. The van der Waals surface area contributed by atoms with Gasteiger partial charge in [-0.1, -0.05) is 0 Å². The van der Waals surface area contributed by atoms with E-state index in [0.29, 0.717) is 11.4 Å². The summed E-state index contributed by atoms with van der Waals surface area (Å²) in [5.74, 6) is -2.03. The molecule has 0 spiro atoms. The van der Waals surface area contributed by atoms with Crippen molar-refractivity contribution in [3.63, 3.8) is 0 Å². The minimum Gasteiger partial charge on any atom is -0.478 e. The van der Waals surface area contributed by atoms with Crippen molar-refractivity contribution in [3.8, 4) is 0 Å². The van der Waals surface area contributed by atoms with E-state index < -0.39 is 11.8 Å². The topological polar surface area (TPSA) is 57.6 Å². The Hall–Kier alpha value is -1.56. The molecule has 1 aromatic rings. The van der Waals surface area contributed by atoms with Gasteiger partial charge in [-0.25, -0.2) is 9.18 Å². The van der Waals surface area contributed by atoms with E-state index in [4.69, 9.17) is 5.11 Å². The number of amides is 1. The minimum atomic E-state index is -1.30. The molecule has 0 radical (unpaired) electrons. The first-order valence-electron chi connectivity index (χ1n) is 5.43. The lowest BCUT2D eigenvalue weighted by Crippen LogP contribution is -2.23. The van der Waals surface area contributed by atoms with Gasteiger partial charge >= 0.3 is 5.97 Å². The van der Waals surface area contributed by atoms with Crippen LogP contribution in [0.4, 0.5) is 4.39 Å². The molecular formula is C12H12FNO3S. The van der Waals surface area contributed by atoms with E-state index in [2.05, 4.69) is 0 Å². The van der Waals surface area contributed by atoms with Crippen LogP contribution in [-0.4, -0.2) is 40.7 Å². The summed E-state index contributed by atoms with van der Waals surface area (Å²) in [7, 11) is 1.73. The van der Waals surface area contributed by atoms with Crippen LogP contribution in [0, 0.1) is 5.82 Å². The summed E-state index contributed by atoms with van der Waals surface area (Å²) < 4.78 is 13.2. The number of benzene rings is 1. The fourth-order valence-corrected chi connectivity index (χ4v) is 2.97. The largest absolute Gasteiger partial charge is 0.478 e. The monoisotopic (exact) mass is 269 g/mol. The molecule has 6 heteroatoms. The zero-order valence-electron chi connectivity index (χ0n) is 9.72. The van der Waals surface area contributed by atoms with Crippen LogP contribution in [-0.2, 0) is 4.79 Å². The number of hydrogen-bond donors (Lipinski definition) is 1. The number of carboxylic acid groups (broad SMARTS) is 1. The fraction of sp³-hybridized carbons (Fsp3) is 0.333. The highest BCUT2D eigenvalue weighted by atomic mass is 32.2. The van der Waals surface area contributed by atoms with Gasteiger partial charge in [0.2, 0.25) is 5.91 Å². The Balaban J connectivity index is 2.18. The lowest BCUT2D eigenvalue weighted by Gasteiger charge is -2.10. The molecule has 4 nitrogen and oxygen atoms in total. The first kappa shape index (κ1) is 12.9. The number of rotatable bonds is 3. The lowest BCUT2D eigenvalue weighted by molar-refractivity contribution is -0.126. The standard InChI is InChI=1S/C12H12FNO3S/c1-14-5-4-10(11(14)15)18-7-2-3-9(13)8(6-7)12(16)17/h2-3,6,10H,4-5H2,1H3,(H,16,17). The van der Waals surface area contributed by atoms with Crippen molar-refractivity contribution in [3.05, 3.63) is 29.6 Å². The molecule has 0 aromatic heterocycles. The average Bonchev–Trinajstić information content (AvgIpc) is 2.63. The molecule has 0 saturated carbocycles. The van der Waals surface area contributed by atoms with Crippen LogP contribution in [0.1, 0.15) is 16.8 Å². The third kappa shape index (κ3) is 2.48. The quantitative estimate of drug-likeness (QED) is 0.909. The average molecular weight is 269 g/mol. The first-order chi connectivity index (χ1) is 8.49. The molecule has 0 bridgehead atoms. The first-order valence-corrected chi connectivity index (χ1v) is 6.31. The van der Waals surface area contributed by atoms with Gasteiger partial charge < -0.3 is 10.0 Å². The zero-order valence-corrected chi connectivity index (χ0v) is 10.5. The number of halogens is 1. The molecule has 1 fully saturated rings. The maximum Gasteiger partial charge on any atom is 0.338 e. The summed E-state index contributed by atoms with van der Waals surface area (Å²) in [6.07, 6.45) is 0.722. The van der Waals surface area contributed by atoms with Crippen LogP contribution < -0.4 is 0 Å². The molecule has 1 unspecified atom stereocenters. The molecular weight excluding hydrogens is 257 g/mol. The fourth-order valence-electron chi connectivity index (χ4n) is 1.81. The Morgan fingerprint density at radius 1 is 1.56 bits per heavy atom. The van der Waals surface area contributed by atoms with E-state index in [1.54, 1.807) is 11.9 Å². The van der Waals surface area contributed by atoms with Crippen molar-refractivity contribution in [2.45, 2.75) is 16.6 Å². The number of hydrogen-bond acceptors (Lipinski definition) is 3. The van der Waals surface area contributed by atoms with Crippen molar-refractivity contribution in [1.82, 2.24) is 4.90 Å². The van der Waals surface area contributed by atoms with Gasteiger partial charge in [0.25, 0.3) is 0 Å². The zero-order chi connectivity index (χ0) is 13.3. The molecule has 1 aliphatic rings. The van der Waals surface area contributed by atoms with E-state index >= 15 is 0 Å². The highest BCUT2D eigenvalue weighted by molar-refractivity contribution is 8.00. The number of carboxylic acids is 1. The lowest BCUT2D eigenvalue weighted by atomic mass is 10.2. The van der Waals surface area contributed by atoms with Gasteiger partial charge in [-0.3, -0.25) is 4.79 Å². The van der Waals surface area contributed by atoms with E-state index in [1.807, 2.05) is 0 Å². The van der Waals surface area contributed by atoms with E-state index in [1.165, 1.54) is 23.9 Å². The summed E-state index contributed by atoms with van der Waals surface area (Å²) in [6, 6.07) is 3.89. The van der Waals surface area contributed by atoms with Gasteiger partial charge in [-0.15, -0.1) is 11.8 Å². The van der Waals surface area contributed by atoms with Crippen molar-refractivity contribution in [2.75, 3.05) is 13.6 Å². The second-order valence-electron chi connectivity index (χ2n) is 4.10. The Bertz CT molecular complexity index is 506. The highest BCUT2D eigenvalue weighted by Crippen LogP contribution is 2.31. The number of thioether (sulfide) groups is 1. The molecule has 1 aromatic carbocycles. The van der Waals surface area contributed by atoms with Crippen LogP contribution >= 0.6 is 11.8 Å². The molecule has 1 aliphatic heterocycles. The summed E-state index contributed by atoms with van der Waals surface area (Å²) in [5, 5.41) is 8.61. The predicted octanol–water partition coefficient (Wildman–Crippen LogP) is 1.85. The number of carbonyl (C=O) groups is 2. The SMILES string of the molecule is CN1CCC(Sc2ccc(F)c(C(=O)O)c2)C1=O. The maximum atomic E-state index is 13.2. The molecule has 1 amide bonds. The predicted molar refractivity (Wildman–Crippen MR) is 65.3 cm³/mol. The van der Waals surface area contributed by atoms with Crippen LogP contribution in [0.3, 0.4) is 0 Å². The molecule has 1 heterocycles. The summed E-state index contributed by atoms with van der Waals surface area (Å²) in [5.41, 5.74) is -0.362. The minimum absolute atomic E-state index is 0.0289. The van der Waals surface area contributed by atoms with Crippen LogP contribution in [0.2, 0.25) is 0 Å². The van der Waals surface area contributed by atoms with Crippen molar-refractivity contribution in [2.24, 2.45) is 0 Å².